The monoisotopic (exact) mass is 242 g/mol. The van der Waals surface area contributed by atoms with E-state index in [0.29, 0.717) is 31.1 Å². The molecule has 1 aromatic heterocycles. The van der Waals surface area contributed by atoms with Crippen LogP contribution in [0, 0.1) is 6.92 Å². The second-order valence-corrected chi connectivity index (χ2v) is 3.35. The van der Waals surface area contributed by atoms with Gasteiger partial charge in [-0.1, -0.05) is 5.16 Å². The van der Waals surface area contributed by atoms with Crippen molar-refractivity contribution in [3.05, 3.63) is 17.5 Å². The number of aromatic nitrogens is 1. The number of carbonyl (C=O) groups excluding carboxylic acids is 1. The molecule has 0 spiro atoms. The van der Waals surface area contributed by atoms with Crippen LogP contribution in [0.3, 0.4) is 0 Å². The Balaban J connectivity index is 2.43. The Bertz CT molecular complexity index is 345. The Morgan fingerprint density at radius 2 is 2.12 bits per heavy atom. The number of nitrogens with one attached hydrogen (secondary N) is 1. The predicted octanol–water partition coefficient (Wildman–Crippen LogP) is 1.11. The van der Waals surface area contributed by atoms with Gasteiger partial charge in [-0.3, -0.25) is 4.79 Å². The second-order valence-electron chi connectivity index (χ2n) is 3.35. The summed E-state index contributed by atoms with van der Waals surface area (Å²) >= 11 is 0. The average Bonchev–Trinajstić information content (AvgIpc) is 2.72. The molecule has 1 heterocycles. The normalized spacial score (nSPS) is 10.8. The zero-order valence-electron chi connectivity index (χ0n) is 10.4. The van der Waals surface area contributed by atoms with Gasteiger partial charge in [-0.2, -0.15) is 0 Å². The number of ether oxygens (including phenoxy) is 2. The third-order valence-corrected chi connectivity index (χ3v) is 2.13. The molecule has 1 amide bonds. The highest BCUT2D eigenvalue weighted by molar-refractivity contribution is 5.94. The molecular weight excluding hydrogens is 224 g/mol. The highest BCUT2D eigenvalue weighted by Crippen LogP contribution is 2.05. The van der Waals surface area contributed by atoms with E-state index in [1.807, 2.05) is 13.8 Å². The molecule has 17 heavy (non-hydrogen) atoms. The molecule has 0 unspecified atom stereocenters. The van der Waals surface area contributed by atoms with E-state index in [1.54, 1.807) is 6.92 Å². The first-order valence-corrected chi connectivity index (χ1v) is 5.61. The summed E-state index contributed by atoms with van der Waals surface area (Å²) in [6.45, 7) is 6.80. The lowest BCUT2D eigenvalue weighted by atomic mass is 10.2. The van der Waals surface area contributed by atoms with Crippen LogP contribution in [0.15, 0.2) is 10.7 Å². The largest absolute Gasteiger partial charge is 0.361 e. The quantitative estimate of drug-likeness (QED) is 0.725. The van der Waals surface area contributed by atoms with Crippen molar-refractivity contribution in [3.8, 4) is 0 Å². The number of hydrogen-bond donors (Lipinski definition) is 1. The Morgan fingerprint density at radius 3 is 2.59 bits per heavy atom. The summed E-state index contributed by atoms with van der Waals surface area (Å²) < 4.78 is 15.4. The van der Waals surface area contributed by atoms with E-state index in [-0.39, 0.29) is 5.91 Å². The minimum atomic E-state index is -0.422. The minimum Gasteiger partial charge on any atom is -0.361 e. The molecule has 0 saturated heterocycles. The van der Waals surface area contributed by atoms with Gasteiger partial charge in [0.2, 0.25) is 0 Å². The van der Waals surface area contributed by atoms with E-state index in [9.17, 15) is 4.79 Å². The molecule has 96 valence electrons. The SMILES string of the molecule is CCOC(CNC(=O)c1cnoc1C)OCC. The van der Waals surface area contributed by atoms with Gasteiger partial charge in [-0.05, 0) is 20.8 Å². The average molecular weight is 242 g/mol. The molecule has 1 N–H and O–H groups in total. The van der Waals surface area contributed by atoms with Gasteiger partial charge in [0.25, 0.3) is 5.91 Å². The maximum Gasteiger partial charge on any atom is 0.256 e. The van der Waals surface area contributed by atoms with Crippen LogP contribution in [0.1, 0.15) is 30.0 Å². The fraction of sp³-hybridized carbons (Fsp3) is 0.636. The van der Waals surface area contributed by atoms with Gasteiger partial charge in [0.05, 0.1) is 12.7 Å². The molecule has 0 aliphatic rings. The zero-order chi connectivity index (χ0) is 12.7. The van der Waals surface area contributed by atoms with Crippen LogP contribution in [-0.2, 0) is 9.47 Å². The van der Waals surface area contributed by atoms with Crippen molar-refractivity contribution in [1.29, 1.82) is 0 Å². The number of rotatable bonds is 7. The first-order chi connectivity index (χ1) is 8.19. The molecule has 1 aromatic rings. The van der Waals surface area contributed by atoms with Gasteiger partial charge in [0.1, 0.15) is 11.3 Å². The smallest absolute Gasteiger partial charge is 0.256 e. The fourth-order valence-electron chi connectivity index (χ4n) is 1.33. The summed E-state index contributed by atoms with van der Waals surface area (Å²) in [5.41, 5.74) is 0.428. The highest BCUT2D eigenvalue weighted by Gasteiger charge is 2.15. The first kappa shape index (κ1) is 13.7. The molecule has 0 atom stereocenters. The van der Waals surface area contributed by atoms with Gasteiger partial charge >= 0.3 is 0 Å². The van der Waals surface area contributed by atoms with E-state index in [4.69, 9.17) is 14.0 Å². The van der Waals surface area contributed by atoms with E-state index in [1.165, 1.54) is 6.20 Å². The number of aryl methyl sites for hydroxylation is 1. The Labute approximate surface area is 100 Å². The zero-order valence-corrected chi connectivity index (χ0v) is 10.4. The Kier molecular flexibility index (Phi) is 5.65. The molecule has 6 nitrogen and oxygen atoms in total. The molecule has 6 heteroatoms. The molecule has 0 aliphatic heterocycles. The van der Waals surface area contributed by atoms with Gasteiger partial charge in [0, 0.05) is 13.2 Å². The molecule has 1 rings (SSSR count). The van der Waals surface area contributed by atoms with Crippen LogP contribution < -0.4 is 5.32 Å². The van der Waals surface area contributed by atoms with Crippen molar-refractivity contribution < 1.29 is 18.8 Å². The van der Waals surface area contributed by atoms with Gasteiger partial charge in [-0.25, -0.2) is 0 Å². The maximum atomic E-state index is 11.7. The lowest BCUT2D eigenvalue weighted by Crippen LogP contribution is -2.35. The van der Waals surface area contributed by atoms with Crippen LogP contribution >= 0.6 is 0 Å². The van der Waals surface area contributed by atoms with Crippen LogP contribution in [-0.4, -0.2) is 37.1 Å². The van der Waals surface area contributed by atoms with Gasteiger partial charge < -0.3 is 19.3 Å². The first-order valence-electron chi connectivity index (χ1n) is 5.61. The molecule has 0 aromatic carbocycles. The fourth-order valence-corrected chi connectivity index (χ4v) is 1.33. The third-order valence-electron chi connectivity index (χ3n) is 2.13. The standard InChI is InChI=1S/C11H18N2O4/c1-4-15-10(16-5-2)7-12-11(14)9-6-13-17-8(9)3/h6,10H,4-5,7H2,1-3H3,(H,12,14). The van der Waals surface area contributed by atoms with Crippen LogP contribution in [0.4, 0.5) is 0 Å². The van der Waals surface area contributed by atoms with Crippen molar-refractivity contribution in [2.24, 2.45) is 0 Å². The summed E-state index contributed by atoms with van der Waals surface area (Å²) in [6.07, 6.45) is 0.968. The summed E-state index contributed by atoms with van der Waals surface area (Å²) in [4.78, 5) is 11.7. The maximum absolute atomic E-state index is 11.7. The molecule has 0 saturated carbocycles. The summed E-state index contributed by atoms with van der Waals surface area (Å²) in [5, 5.41) is 6.25. The van der Waals surface area contributed by atoms with Crippen molar-refractivity contribution in [2.75, 3.05) is 19.8 Å². The minimum absolute atomic E-state index is 0.242. The lowest BCUT2D eigenvalue weighted by molar-refractivity contribution is -0.131. The number of hydrogen-bond acceptors (Lipinski definition) is 5. The number of nitrogens with zero attached hydrogens (tertiary/aromatic N) is 1. The van der Waals surface area contributed by atoms with Crippen molar-refractivity contribution in [2.45, 2.75) is 27.1 Å². The number of amides is 1. The van der Waals surface area contributed by atoms with Crippen molar-refractivity contribution in [1.82, 2.24) is 10.5 Å². The van der Waals surface area contributed by atoms with E-state index in [0.717, 1.165) is 0 Å². The van der Waals surface area contributed by atoms with Crippen molar-refractivity contribution >= 4 is 5.91 Å². The summed E-state index contributed by atoms with van der Waals surface area (Å²) in [5.74, 6) is 0.250. The highest BCUT2D eigenvalue weighted by atomic mass is 16.7. The number of carbonyl (C=O) groups is 1. The third kappa shape index (κ3) is 4.16. The second kappa shape index (κ2) is 7.03. The molecule has 0 radical (unpaired) electrons. The molecule has 0 bridgehead atoms. The van der Waals surface area contributed by atoms with Crippen LogP contribution in [0.25, 0.3) is 0 Å². The van der Waals surface area contributed by atoms with E-state index < -0.39 is 6.29 Å². The van der Waals surface area contributed by atoms with Crippen molar-refractivity contribution in [3.63, 3.8) is 0 Å². The van der Waals surface area contributed by atoms with Crippen LogP contribution in [0.5, 0.6) is 0 Å². The molecule has 0 fully saturated rings. The van der Waals surface area contributed by atoms with Crippen LogP contribution in [0.2, 0.25) is 0 Å². The molecule has 0 aliphatic carbocycles. The Morgan fingerprint density at radius 1 is 1.47 bits per heavy atom. The van der Waals surface area contributed by atoms with E-state index >= 15 is 0 Å². The summed E-state index contributed by atoms with van der Waals surface area (Å²) in [7, 11) is 0. The summed E-state index contributed by atoms with van der Waals surface area (Å²) in [6, 6.07) is 0. The van der Waals surface area contributed by atoms with E-state index in [2.05, 4.69) is 10.5 Å². The van der Waals surface area contributed by atoms with Gasteiger partial charge in [-0.15, -0.1) is 0 Å². The lowest BCUT2D eigenvalue weighted by Gasteiger charge is -2.17. The topological polar surface area (TPSA) is 73.6 Å². The Hall–Kier alpha value is -1.40. The van der Waals surface area contributed by atoms with Gasteiger partial charge in [0.15, 0.2) is 6.29 Å². The predicted molar refractivity (Wildman–Crippen MR) is 60.6 cm³/mol. The molecular formula is C11H18N2O4.